The van der Waals surface area contributed by atoms with Gasteiger partial charge in [0, 0.05) is 27.1 Å². The van der Waals surface area contributed by atoms with E-state index in [1.54, 1.807) is 14.1 Å². The van der Waals surface area contributed by atoms with Gasteiger partial charge in [0.05, 0.1) is 6.04 Å². The average Bonchev–Trinajstić information content (AvgIpc) is 2.21. The number of hydrogen-bond acceptors (Lipinski definition) is 3. The van der Waals surface area contributed by atoms with Crippen LogP contribution in [0.5, 0.6) is 0 Å². The van der Waals surface area contributed by atoms with E-state index in [4.69, 9.17) is 5.73 Å². The van der Waals surface area contributed by atoms with Gasteiger partial charge in [0.1, 0.15) is 0 Å². The maximum atomic E-state index is 11.9. The molecule has 16 heavy (non-hydrogen) atoms. The lowest BCUT2D eigenvalue weighted by Crippen LogP contribution is -2.49. The number of nitrogens with zero attached hydrogens (tertiary/aromatic N) is 1. The van der Waals surface area contributed by atoms with Crippen LogP contribution in [0.3, 0.4) is 0 Å². The largest absolute Gasteiger partial charge is 0.359 e. The second kappa shape index (κ2) is 5.84. The molecule has 0 spiro atoms. The molecule has 0 fully saturated rings. The van der Waals surface area contributed by atoms with Crippen LogP contribution >= 0.6 is 0 Å². The summed E-state index contributed by atoms with van der Waals surface area (Å²) in [5, 5.41) is 2.51. The minimum atomic E-state index is -0.540. The molecule has 0 unspecified atom stereocenters. The summed E-state index contributed by atoms with van der Waals surface area (Å²) in [4.78, 5) is 24.4. The lowest BCUT2D eigenvalue weighted by Gasteiger charge is -2.29. The quantitative estimate of drug-likeness (QED) is 0.710. The number of rotatable bonds is 4. The molecule has 5 nitrogen and oxygen atoms in total. The average molecular weight is 229 g/mol. The van der Waals surface area contributed by atoms with Crippen molar-refractivity contribution in [1.29, 1.82) is 0 Å². The molecule has 2 amide bonds. The van der Waals surface area contributed by atoms with Crippen LogP contribution in [0, 0.1) is 5.41 Å². The molecule has 0 radical (unpaired) electrons. The van der Waals surface area contributed by atoms with Gasteiger partial charge in [-0.1, -0.05) is 20.8 Å². The first-order valence-corrected chi connectivity index (χ1v) is 5.41. The highest BCUT2D eigenvalue weighted by Crippen LogP contribution is 2.18. The molecular formula is C11H23N3O2. The van der Waals surface area contributed by atoms with E-state index in [-0.39, 0.29) is 17.2 Å². The molecule has 0 bridgehead atoms. The van der Waals surface area contributed by atoms with Gasteiger partial charge in [0.2, 0.25) is 11.8 Å². The molecule has 0 aliphatic heterocycles. The van der Waals surface area contributed by atoms with Crippen molar-refractivity contribution in [3.8, 4) is 0 Å². The van der Waals surface area contributed by atoms with Crippen LogP contribution in [-0.2, 0) is 9.59 Å². The maximum Gasteiger partial charge on any atom is 0.239 e. The number of amides is 2. The van der Waals surface area contributed by atoms with Crippen LogP contribution in [0.2, 0.25) is 0 Å². The van der Waals surface area contributed by atoms with E-state index in [1.165, 1.54) is 4.90 Å². The smallest absolute Gasteiger partial charge is 0.239 e. The SMILES string of the molecule is CNC(=O)CCN(C)C(=O)[C@@H](N)C(C)(C)C. The summed E-state index contributed by atoms with van der Waals surface area (Å²) < 4.78 is 0. The number of carbonyl (C=O) groups is 2. The standard InChI is InChI=1S/C11H23N3O2/c1-11(2,3)9(12)10(16)14(5)7-6-8(15)13-4/h9H,6-7,12H2,1-5H3,(H,13,15)/t9-/m1/s1. The molecule has 0 aromatic heterocycles. The lowest BCUT2D eigenvalue weighted by molar-refractivity contribution is -0.134. The summed E-state index contributed by atoms with van der Waals surface area (Å²) in [7, 11) is 3.24. The van der Waals surface area contributed by atoms with Gasteiger partial charge in [-0.15, -0.1) is 0 Å². The molecule has 0 aliphatic carbocycles. The first-order chi connectivity index (χ1) is 7.20. The zero-order valence-corrected chi connectivity index (χ0v) is 10.8. The van der Waals surface area contributed by atoms with Crippen molar-refractivity contribution in [2.45, 2.75) is 33.2 Å². The predicted octanol–water partition coefficient (Wildman–Crippen LogP) is -0.0457. The molecule has 0 rings (SSSR count). The molecule has 0 aromatic rings. The summed E-state index contributed by atoms with van der Waals surface area (Å²) in [6, 6.07) is -0.540. The molecule has 1 atom stereocenters. The molecule has 94 valence electrons. The number of nitrogens with one attached hydrogen (secondary N) is 1. The van der Waals surface area contributed by atoms with Gasteiger partial charge in [-0.05, 0) is 5.41 Å². The maximum absolute atomic E-state index is 11.9. The van der Waals surface area contributed by atoms with E-state index in [2.05, 4.69) is 5.32 Å². The third-order valence-electron chi connectivity index (χ3n) is 2.53. The van der Waals surface area contributed by atoms with E-state index < -0.39 is 6.04 Å². The lowest BCUT2D eigenvalue weighted by atomic mass is 9.86. The molecule has 0 aromatic carbocycles. The second-order valence-electron chi connectivity index (χ2n) is 5.03. The van der Waals surface area contributed by atoms with Crippen molar-refractivity contribution in [2.24, 2.45) is 11.1 Å². The Balaban J connectivity index is 4.24. The van der Waals surface area contributed by atoms with Gasteiger partial charge in [-0.3, -0.25) is 9.59 Å². The third-order valence-corrected chi connectivity index (χ3v) is 2.53. The molecule has 5 heteroatoms. The zero-order chi connectivity index (χ0) is 12.9. The predicted molar refractivity (Wildman–Crippen MR) is 63.8 cm³/mol. The van der Waals surface area contributed by atoms with Crippen LogP contribution in [0.4, 0.5) is 0 Å². The Bertz CT molecular complexity index is 258. The Kier molecular flexibility index (Phi) is 5.44. The van der Waals surface area contributed by atoms with Crippen molar-refractivity contribution in [2.75, 3.05) is 20.6 Å². The van der Waals surface area contributed by atoms with Gasteiger partial charge in [0.15, 0.2) is 0 Å². The number of hydrogen-bond donors (Lipinski definition) is 2. The fourth-order valence-corrected chi connectivity index (χ4v) is 1.11. The summed E-state index contributed by atoms with van der Waals surface area (Å²) in [5.41, 5.74) is 5.58. The van der Waals surface area contributed by atoms with Crippen molar-refractivity contribution in [3.05, 3.63) is 0 Å². The Morgan fingerprint density at radius 2 is 1.88 bits per heavy atom. The van der Waals surface area contributed by atoms with Crippen LogP contribution in [-0.4, -0.2) is 43.4 Å². The van der Waals surface area contributed by atoms with Crippen molar-refractivity contribution in [3.63, 3.8) is 0 Å². The number of carbonyl (C=O) groups excluding carboxylic acids is 2. The number of nitrogens with two attached hydrogens (primary N) is 1. The van der Waals surface area contributed by atoms with Crippen molar-refractivity contribution < 1.29 is 9.59 Å². The highest BCUT2D eigenvalue weighted by Gasteiger charge is 2.29. The molecule has 0 aliphatic rings. The first-order valence-electron chi connectivity index (χ1n) is 5.41. The Labute approximate surface area is 97.4 Å². The molecule has 0 heterocycles. The summed E-state index contributed by atoms with van der Waals surface area (Å²) >= 11 is 0. The highest BCUT2D eigenvalue weighted by atomic mass is 16.2. The second-order valence-corrected chi connectivity index (χ2v) is 5.03. The number of likely N-dealkylation sites (N-methyl/N-ethyl adjacent to an activating group) is 1. The summed E-state index contributed by atoms with van der Waals surface area (Å²) in [6.07, 6.45) is 0.301. The van der Waals surface area contributed by atoms with E-state index in [1.807, 2.05) is 20.8 Å². The van der Waals surface area contributed by atoms with Gasteiger partial charge < -0.3 is 16.0 Å². The minimum Gasteiger partial charge on any atom is -0.359 e. The van der Waals surface area contributed by atoms with Crippen LogP contribution in [0.1, 0.15) is 27.2 Å². The molecule has 3 N–H and O–H groups in total. The van der Waals surface area contributed by atoms with E-state index in [9.17, 15) is 9.59 Å². The van der Waals surface area contributed by atoms with Crippen molar-refractivity contribution >= 4 is 11.8 Å². The monoisotopic (exact) mass is 229 g/mol. The normalized spacial score (nSPS) is 13.1. The highest BCUT2D eigenvalue weighted by molar-refractivity contribution is 5.83. The fraction of sp³-hybridized carbons (Fsp3) is 0.818. The van der Waals surface area contributed by atoms with Crippen LogP contribution < -0.4 is 11.1 Å². The van der Waals surface area contributed by atoms with Crippen LogP contribution in [0.15, 0.2) is 0 Å². The Hall–Kier alpha value is -1.10. The molecule has 0 saturated heterocycles. The van der Waals surface area contributed by atoms with Gasteiger partial charge >= 0.3 is 0 Å². The van der Waals surface area contributed by atoms with Crippen molar-refractivity contribution in [1.82, 2.24) is 10.2 Å². The van der Waals surface area contributed by atoms with Crippen LogP contribution in [0.25, 0.3) is 0 Å². The van der Waals surface area contributed by atoms with Gasteiger partial charge in [-0.25, -0.2) is 0 Å². The van der Waals surface area contributed by atoms with E-state index >= 15 is 0 Å². The fourth-order valence-electron chi connectivity index (χ4n) is 1.11. The van der Waals surface area contributed by atoms with E-state index in [0.29, 0.717) is 13.0 Å². The zero-order valence-electron chi connectivity index (χ0n) is 10.8. The Morgan fingerprint density at radius 1 is 1.38 bits per heavy atom. The molecular weight excluding hydrogens is 206 g/mol. The van der Waals surface area contributed by atoms with Gasteiger partial charge in [-0.2, -0.15) is 0 Å². The summed E-state index contributed by atoms with van der Waals surface area (Å²) in [6.45, 7) is 6.15. The topological polar surface area (TPSA) is 75.4 Å². The van der Waals surface area contributed by atoms with Gasteiger partial charge in [0.25, 0.3) is 0 Å². The summed E-state index contributed by atoms with van der Waals surface area (Å²) in [5.74, 6) is -0.208. The van der Waals surface area contributed by atoms with E-state index in [0.717, 1.165) is 0 Å². The minimum absolute atomic E-state index is 0.0796. The third kappa shape index (κ3) is 4.61. The molecule has 0 saturated carbocycles. The first kappa shape index (κ1) is 14.9. The Morgan fingerprint density at radius 3 is 2.25 bits per heavy atom.